The van der Waals surface area contributed by atoms with Gasteiger partial charge in [-0.05, 0) is 20.0 Å². The molecule has 0 saturated heterocycles. The molecule has 2 rings (SSSR count). The number of carbonyl (C=O) groups excluding carboxylic acids is 1. The Labute approximate surface area is 144 Å². The van der Waals surface area contributed by atoms with Gasteiger partial charge in [0, 0.05) is 25.7 Å². The molecule has 0 aliphatic carbocycles. The monoisotopic (exact) mass is 348 g/mol. The number of carbonyl (C=O) groups is 1. The maximum absolute atomic E-state index is 13.9. The molecule has 2 aromatic rings. The summed E-state index contributed by atoms with van der Waals surface area (Å²) in [5.74, 6) is -1.07. The molecule has 25 heavy (non-hydrogen) atoms. The maximum Gasteiger partial charge on any atom is 0.332 e. The lowest BCUT2D eigenvalue weighted by molar-refractivity contribution is 0.0921. The van der Waals surface area contributed by atoms with E-state index in [2.05, 4.69) is 0 Å². The van der Waals surface area contributed by atoms with Crippen molar-refractivity contribution in [1.29, 1.82) is 0 Å². The van der Waals surface area contributed by atoms with E-state index in [4.69, 9.17) is 5.73 Å². The summed E-state index contributed by atoms with van der Waals surface area (Å²) in [6.07, 6.45) is 0. The van der Waals surface area contributed by atoms with Crippen molar-refractivity contribution in [3.8, 4) is 0 Å². The van der Waals surface area contributed by atoms with Crippen molar-refractivity contribution >= 4 is 11.6 Å². The summed E-state index contributed by atoms with van der Waals surface area (Å²) >= 11 is 0. The number of nitrogens with two attached hydrogens (primary N) is 1. The standard InChI is InChI=1S/C17H21FN4O3/c1-10(11-7-5-6-8-12(11)18)20(2)9-13(23)14-15(19)21(3)17(25)22(4)16(14)24/h5-8,10H,9,19H2,1-4H3. The zero-order valence-corrected chi connectivity index (χ0v) is 14.6. The number of halogens is 1. The summed E-state index contributed by atoms with van der Waals surface area (Å²) in [5, 5.41) is 0. The number of rotatable bonds is 5. The third kappa shape index (κ3) is 3.39. The second-order valence-electron chi connectivity index (χ2n) is 6.00. The molecular formula is C17H21FN4O3. The molecule has 1 unspecified atom stereocenters. The first-order valence-corrected chi connectivity index (χ1v) is 7.70. The molecule has 2 N–H and O–H groups in total. The number of Topliss-reactive ketones (excluding diaryl/α,β-unsaturated/α-hetero) is 1. The van der Waals surface area contributed by atoms with E-state index >= 15 is 0 Å². The molecule has 1 atom stereocenters. The van der Waals surface area contributed by atoms with Gasteiger partial charge in [-0.3, -0.25) is 23.6 Å². The molecule has 0 radical (unpaired) electrons. The van der Waals surface area contributed by atoms with Crippen LogP contribution in [-0.2, 0) is 14.1 Å². The first-order valence-electron chi connectivity index (χ1n) is 7.70. The molecule has 0 aliphatic rings. The number of likely N-dealkylation sites (N-methyl/N-ethyl adjacent to an activating group) is 1. The van der Waals surface area contributed by atoms with Gasteiger partial charge in [0.1, 0.15) is 17.2 Å². The Morgan fingerprint density at radius 1 is 1.24 bits per heavy atom. The fraction of sp³-hybridized carbons (Fsp3) is 0.353. The van der Waals surface area contributed by atoms with Crippen LogP contribution in [0.25, 0.3) is 0 Å². The van der Waals surface area contributed by atoms with E-state index in [1.54, 1.807) is 37.1 Å². The van der Waals surface area contributed by atoms with E-state index in [0.717, 1.165) is 9.13 Å². The number of benzene rings is 1. The largest absolute Gasteiger partial charge is 0.384 e. The second kappa shape index (κ2) is 7.02. The summed E-state index contributed by atoms with van der Waals surface area (Å²) in [7, 11) is 4.32. The number of ketones is 1. The molecule has 134 valence electrons. The Morgan fingerprint density at radius 2 is 1.84 bits per heavy atom. The number of hydrogen-bond donors (Lipinski definition) is 1. The van der Waals surface area contributed by atoms with Crippen LogP contribution in [0.2, 0.25) is 0 Å². The quantitative estimate of drug-likeness (QED) is 0.803. The molecule has 7 nitrogen and oxygen atoms in total. The highest BCUT2D eigenvalue weighted by molar-refractivity contribution is 6.01. The summed E-state index contributed by atoms with van der Waals surface area (Å²) in [5.41, 5.74) is 4.65. The summed E-state index contributed by atoms with van der Waals surface area (Å²) < 4.78 is 15.8. The Morgan fingerprint density at radius 3 is 2.44 bits per heavy atom. The predicted octanol–water partition coefficient (Wildman–Crippen LogP) is 0.681. The minimum atomic E-state index is -0.738. The van der Waals surface area contributed by atoms with Crippen LogP contribution in [-0.4, -0.2) is 33.4 Å². The number of aromatic nitrogens is 2. The zero-order valence-electron chi connectivity index (χ0n) is 14.6. The molecule has 0 amide bonds. The van der Waals surface area contributed by atoms with Gasteiger partial charge in [0.25, 0.3) is 5.56 Å². The molecule has 0 saturated carbocycles. The van der Waals surface area contributed by atoms with Crippen LogP contribution in [0.15, 0.2) is 33.9 Å². The first kappa shape index (κ1) is 18.6. The Balaban J connectivity index is 2.33. The van der Waals surface area contributed by atoms with E-state index in [1.165, 1.54) is 20.2 Å². The molecule has 0 aliphatic heterocycles. The van der Waals surface area contributed by atoms with Crippen LogP contribution in [0.1, 0.15) is 28.9 Å². The van der Waals surface area contributed by atoms with Crippen LogP contribution in [0.4, 0.5) is 10.2 Å². The van der Waals surface area contributed by atoms with Crippen LogP contribution in [0.5, 0.6) is 0 Å². The minimum Gasteiger partial charge on any atom is -0.384 e. The smallest absolute Gasteiger partial charge is 0.332 e. The SMILES string of the molecule is CC(c1ccccc1F)N(C)CC(=O)c1c(N)n(C)c(=O)n(C)c1=O. The molecule has 0 fully saturated rings. The number of nitrogen functional groups attached to an aromatic ring is 1. The zero-order chi connectivity index (χ0) is 18.9. The van der Waals surface area contributed by atoms with Crippen LogP contribution < -0.4 is 17.0 Å². The summed E-state index contributed by atoms with van der Waals surface area (Å²) in [6, 6.07) is 5.91. The van der Waals surface area contributed by atoms with Crippen LogP contribution in [0, 0.1) is 5.82 Å². The van der Waals surface area contributed by atoms with Gasteiger partial charge in [0.15, 0.2) is 5.78 Å². The number of hydrogen-bond acceptors (Lipinski definition) is 5. The lowest BCUT2D eigenvalue weighted by atomic mass is 10.1. The van der Waals surface area contributed by atoms with E-state index in [9.17, 15) is 18.8 Å². The summed E-state index contributed by atoms with van der Waals surface area (Å²) in [4.78, 5) is 38.3. The molecular weight excluding hydrogens is 327 g/mol. The van der Waals surface area contributed by atoms with E-state index in [0.29, 0.717) is 5.56 Å². The fourth-order valence-corrected chi connectivity index (χ4v) is 2.62. The Kier molecular flexibility index (Phi) is 5.22. The third-order valence-electron chi connectivity index (χ3n) is 4.40. The molecule has 1 heterocycles. The minimum absolute atomic E-state index is 0.146. The van der Waals surface area contributed by atoms with Gasteiger partial charge in [0.05, 0.1) is 6.54 Å². The van der Waals surface area contributed by atoms with Gasteiger partial charge in [0.2, 0.25) is 0 Å². The van der Waals surface area contributed by atoms with Crippen molar-refractivity contribution in [2.45, 2.75) is 13.0 Å². The van der Waals surface area contributed by atoms with Gasteiger partial charge < -0.3 is 5.73 Å². The molecule has 1 aromatic heterocycles. The highest BCUT2D eigenvalue weighted by Crippen LogP contribution is 2.21. The van der Waals surface area contributed by atoms with Crippen LogP contribution in [0.3, 0.4) is 0 Å². The second-order valence-corrected chi connectivity index (χ2v) is 6.00. The number of anilines is 1. The topological polar surface area (TPSA) is 90.3 Å². The van der Waals surface area contributed by atoms with E-state index in [1.807, 2.05) is 0 Å². The fourth-order valence-electron chi connectivity index (χ4n) is 2.62. The van der Waals surface area contributed by atoms with Gasteiger partial charge in [-0.25, -0.2) is 9.18 Å². The van der Waals surface area contributed by atoms with Crippen molar-refractivity contribution in [1.82, 2.24) is 14.0 Å². The first-order chi connectivity index (χ1) is 11.7. The van der Waals surface area contributed by atoms with E-state index < -0.39 is 17.0 Å². The number of nitrogens with zero attached hydrogens (tertiary/aromatic N) is 3. The predicted molar refractivity (Wildman–Crippen MR) is 93.1 cm³/mol. The van der Waals surface area contributed by atoms with Crippen molar-refractivity contribution in [3.63, 3.8) is 0 Å². The van der Waals surface area contributed by atoms with Gasteiger partial charge in [-0.1, -0.05) is 18.2 Å². The van der Waals surface area contributed by atoms with Crippen molar-refractivity contribution in [2.75, 3.05) is 19.3 Å². The van der Waals surface area contributed by atoms with Crippen LogP contribution >= 0.6 is 0 Å². The summed E-state index contributed by atoms with van der Waals surface area (Å²) in [6.45, 7) is 1.61. The average Bonchev–Trinajstić information content (AvgIpc) is 2.58. The van der Waals surface area contributed by atoms with Crippen molar-refractivity contribution in [3.05, 3.63) is 62.0 Å². The lowest BCUT2D eigenvalue weighted by Gasteiger charge is -2.25. The Bertz CT molecular complexity index is 932. The van der Waals surface area contributed by atoms with Gasteiger partial charge in [-0.15, -0.1) is 0 Å². The van der Waals surface area contributed by atoms with Gasteiger partial charge >= 0.3 is 5.69 Å². The van der Waals surface area contributed by atoms with Crippen molar-refractivity contribution in [2.24, 2.45) is 14.1 Å². The third-order valence-corrected chi connectivity index (χ3v) is 4.40. The Hall–Kier alpha value is -2.74. The lowest BCUT2D eigenvalue weighted by Crippen LogP contribution is -2.43. The molecule has 8 heteroatoms. The highest BCUT2D eigenvalue weighted by Gasteiger charge is 2.24. The average molecular weight is 348 g/mol. The molecule has 1 aromatic carbocycles. The molecule has 0 bridgehead atoms. The van der Waals surface area contributed by atoms with Gasteiger partial charge in [-0.2, -0.15) is 0 Å². The highest BCUT2D eigenvalue weighted by atomic mass is 19.1. The molecule has 0 spiro atoms. The van der Waals surface area contributed by atoms with Crippen molar-refractivity contribution < 1.29 is 9.18 Å². The van der Waals surface area contributed by atoms with E-state index in [-0.39, 0.29) is 29.8 Å². The normalized spacial score (nSPS) is 12.4. The maximum atomic E-state index is 13.9.